The van der Waals surface area contributed by atoms with E-state index < -0.39 is 0 Å². The van der Waals surface area contributed by atoms with E-state index in [0.29, 0.717) is 0 Å². The van der Waals surface area contributed by atoms with E-state index in [4.69, 9.17) is 5.73 Å². The Kier molecular flexibility index (Phi) is 3.72. The molecule has 82 valence electrons. The van der Waals surface area contributed by atoms with Gasteiger partial charge in [-0.05, 0) is 46.5 Å². The van der Waals surface area contributed by atoms with Crippen LogP contribution >= 0.6 is 15.9 Å². The number of nitrogens with two attached hydrogens (primary N) is 1. The summed E-state index contributed by atoms with van der Waals surface area (Å²) in [5, 5.41) is 0. The predicted octanol–water partition coefficient (Wildman–Crippen LogP) is 1.77. The van der Waals surface area contributed by atoms with Crippen molar-refractivity contribution in [1.82, 2.24) is 9.88 Å². The van der Waals surface area contributed by atoms with Crippen LogP contribution in [0.1, 0.15) is 18.4 Å². The van der Waals surface area contributed by atoms with Gasteiger partial charge in [0.15, 0.2) is 0 Å². The summed E-state index contributed by atoms with van der Waals surface area (Å²) in [6, 6.07) is 4.91. The Labute approximate surface area is 98.8 Å². The summed E-state index contributed by atoms with van der Waals surface area (Å²) >= 11 is 3.39. The fraction of sp³-hybridized carbons (Fsp3) is 0.545. The smallest absolute Gasteiger partial charge is 0.106 e. The van der Waals surface area contributed by atoms with Crippen molar-refractivity contribution < 1.29 is 0 Å². The molecule has 0 saturated heterocycles. The van der Waals surface area contributed by atoms with Gasteiger partial charge in [0.2, 0.25) is 0 Å². The molecule has 2 rings (SSSR count). The highest BCUT2D eigenvalue weighted by atomic mass is 79.9. The Bertz CT molecular complexity index is 325. The zero-order valence-corrected chi connectivity index (χ0v) is 10.3. The number of pyridine rings is 1. The van der Waals surface area contributed by atoms with Gasteiger partial charge in [-0.2, -0.15) is 0 Å². The summed E-state index contributed by atoms with van der Waals surface area (Å²) < 4.78 is 0.906. The van der Waals surface area contributed by atoms with Gasteiger partial charge in [-0.1, -0.05) is 0 Å². The Morgan fingerprint density at radius 2 is 2.33 bits per heavy atom. The normalized spacial score (nSPS) is 15.9. The molecule has 1 heterocycles. The first-order valence-corrected chi connectivity index (χ1v) is 6.13. The molecule has 0 bridgehead atoms. The maximum Gasteiger partial charge on any atom is 0.106 e. The third-order valence-corrected chi connectivity index (χ3v) is 3.09. The van der Waals surface area contributed by atoms with Crippen LogP contribution in [0.4, 0.5) is 0 Å². The van der Waals surface area contributed by atoms with Crippen molar-refractivity contribution in [1.29, 1.82) is 0 Å². The lowest BCUT2D eigenvalue weighted by atomic mass is 10.2. The van der Waals surface area contributed by atoms with Gasteiger partial charge in [0.05, 0.1) is 0 Å². The van der Waals surface area contributed by atoms with Crippen LogP contribution < -0.4 is 5.73 Å². The van der Waals surface area contributed by atoms with Gasteiger partial charge < -0.3 is 5.73 Å². The van der Waals surface area contributed by atoms with Gasteiger partial charge in [-0.3, -0.25) is 4.90 Å². The number of halogens is 1. The monoisotopic (exact) mass is 269 g/mol. The van der Waals surface area contributed by atoms with Crippen molar-refractivity contribution in [3.63, 3.8) is 0 Å². The molecule has 15 heavy (non-hydrogen) atoms. The quantitative estimate of drug-likeness (QED) is 0.829. The molecule has 0 unspecified atom stereocenters. The number of nitrogens with zero attached hydrogens (tertiary/aromatic N) is 2. The minimum Gasteiger partial charge on any atom is -0.329 e. The number of hydrogen-bond acceptors (Lipinski definition) is 3. The fourth-order valence-electron chi connectivity index (χ4n) is 1.77. The molecule has 0 atom stereocenters. The van der Waals surface area contributed by atoms with E-state index in [1.54, 1.807) is 0 Å². The van der Waals surface area contributed by atoms with Crippen LogP contribution in [0, 0.1) is 0 Å². The van der Waals surface area contributed by atoms with Crippen molar-refractivity contribution >= 4 is 15.9 Å². The van der Waals surface area contributed by atoms with E-state index >= 15 is 0 Å². The fourth-order valence-corrected chi connectivity index (χ4v) is 2.18. The van der Waals surface area contributed by atoms with Crippen molar-refractivity contribution in [2.24, 2.45) is 5.73 Å². The summed E-state index contributed by atoms with van der Waals surface area (Å²) in [6.07, 6.45) is 4.49. The highest BCUT2D eigenvalue weighted by Gasteiger charge is 2.28. The molecular weight excluding hydrogens is 254 g/mol. The second kappa shape index (κ2) is 5.05. The molecule has 0 aliphatic heterocycles. The second-order valence-corrected chi connectivity index (χ2v) is 4.79. The minimum atomic E-state index is 0.739. The van der Waals surface area contributed by atoms with E-state index in [1.807, 2.05) is 6.20 Å². The number of aromatic nitrogens is 1. The zero-order chi connectivity index (χ0) is 10.7. The van der Waals surface area contributed by atoms with Crippen LogP contribution in [0.5, 0.6) is 0 Å². The lowest BCUT2D eigenvalue weighted by molar-refractivity contribution is 0.262. The van der Waals surface area contributed by atoms with Gasteiger partial charge in [-0.25, -0.2) is 4.98 Å². The van der Waals surface area contributed by atoms with Gasteiger partial charge >= 0.3 is 0 Å². The molecule has 4 heteroatoms. The number of rotatable bonds is 5. The van der Waals surface area contributed by atoms with Crippen molar-refractivity contribution in [2.75, 3.05) is 13.1 Å². The zero-order valence-electron chi connectivity index (χ0n) is 8.69. The van der Waals surface area contributed by atoms with Crippen LogP contribution in [0.3, 0.4) is 0 Å². The first kappa shape index (κ1) is 11.0. The van der Waals surface area contributed by atoms with Crippen LogP contribution in [-0.4, -0.2) is 29.0 Å². The average Bonchev–Trinajstić information content (AvgIpc) is 3.00. The topological polar surface area (TPSA) is 42.1 Å². The van der Waals surface area contributed by atoms with Gasteiger partial charge in [0.1, 0.15) is 4.60 Å². The summed E-state index contributed by atoms with van der Waals surface area (Å²) in [7, 11) is 0. The van der Waals surface area contributed by atoms with E-state index in [1.165, 1.54) is 18.4 Å². The maximum absolute atomic E-state index is 5.62. The van der Waals surface area contributed by atoms with Crippen LogP contribution in [-0.2, 0) is 6.54 Å². The van der Waals surface area contributed by atoms with Gasteiger partial charge in [-0.15, -0.1) is 0 Å². The van der Waals surface area contributed by atoms with Gasteiger partial charge in [0.25, 0.3) is 0 Å². The first-order chi connectivity index (χ1) is 7.29. The Balaban J connectivity index is 1.98. The second-order valence-electron chi connectivity index (χ2n) is 3.98. The largest absolute Gasteiger partial charge is 0.329 e. The molecule has 0 radical (unpaired) electrons. The molecule has 1 saturated carbocycles. The lowest BCUT2D eigenvalue weighted by Gasteiger charge is -2.21. The van der Waals surface area contributed by atoms with E-state index in [2.05, 4.69) is 37.9 Å². The van der Waals surface area contributed by atoms with E-state index in [9.17, 15) is 0 Å². The highest BCUT2D eigenvalue weighted by Crippen LogP contribution is 2.27. The Morgan fingerprint density at radius 1 is 1.53 bits per heavy atom. The predicted molar refractivity (Wildman–Crippen MR) is 64.4 cm³/mol. The van der Waals surface area contributed by atoms with Crippen molar-refractivity contribution in [2.45, 2.75) is 25.4 Å². The summed E-state index contributed by atoms with van der Waals surface area (Å²) in [5.41, 5.74) is 6.92. The van der Waals surface area contributed by atoms with Crippen LogP contribution in [0.15, 0.2) is 22.9 Å². The SMILES string of the molecule is NCCN(Cc1ccnc(Br)c1)C1CC1. The molecule has 1 aromatic rings. The molecule has 1 aliphatic carbocycles. The maximum atomic E-state index is 5.62. The summed E-state index contributed by atoms with van der Waals surface area (Å²) in [5.74, 6) is 0. The Morgan fingerprint density at radius 3 is 2.93 bits per heavy atom. The standard InChI is InChI=1S/C11H16BrN3/c12-11-7-9(3-5-14-11)8-15(6-4-13)10-1-2-10/h3,5,7,10H,1-2,4,6,8,13H2. The van der Waals surface area contributed by atoms with Crippen LogP contribution in [0.25, 0.3) is 0 Å². The molecule has 1 aromatic heterocycles. The van der Waals surface area contributed by atoms with Crippen molar-refractivity contribution in [3.8, 4) is 0 Å². The molecule has 0 spiro atoms. The average molecular weight is 270 g/mol. The first-order valence-electron chi connectivity index (χ1n) is 5.34. The van der Waals surface area contributed by atoms with E-state index in [-0.39, 0.29) is 0 Å². The van der Waals surface area contributed by atoms with E-state index in [0.717, 1.165) is 30.3 Å². The summed E-state index contributed by atoms with van der Waals surface area (Å²) in [6.45, 7) is 2.72. The molecular formula is C11H16BrN3. The molecule has 0 amide bonds. The van der Waals surface area contributed by atoms with Crippen LogP contribution in [0.2, 0.25) is 0 Å². The Hall–Kier alpha value is -0.450. The molecule has 0 aromatic carbocycles. The third-order valence-electron chi connectivity index (χ3n) is 2.66. The third kappa shape index (κ3) is 3.26. The lowest BCUT2D eigenvalue weighted by Crippen LogP contribution is -2.31. The molecule has 1 fully saturated rings. The number of hydrogen-bond donors (Lipinski definition) is 1. The molecule has 1 aliphatic rings. The summed E-state index contributed by atoms with van der Waals surface area (Å²) in [4.78, 5) is 6.59. The van der Waals surface area contributed by atoms with Gasteiger partial charge in [0, 0.05) is 31.9 Å². The minimum absolute atomic E-state index is 0.739. The molecule has 2 N–H and O–H groups in total. The highest BCUT2D eigenvalue weighted by molar-refractivity contribution is 9.10. The molecule has 3 nitrogen and oxygen atoms in total. The van der Waals surface area contributed by atoms with Crippen molar-refractivity contribution in [3.05, 3.63) is 28.5 Å².